The van der Waals surface area contributed by atoms with Gasteiger partial charge in [0, 0.05) is 25.7 Å². The molecule has 0 bridgehead atoms. The maximum Gasteiger partial charge on any atom is 0.410 e. The fraction of sp³-hybridized carbons (Fsp3) is 0.588. The number of carbonyl (C=O) groups excluding carboxylic acids is 1. The van der Waals surface area contributed by atoms with Gasteiger partial charge in [-0.05, 0) is 46.2 Å². The number of nitrogen functional groups attached to an aromatic ring is 2. The average Bonchev–Trinajstić information content (AvgIpc) is 2.44. The van der Waals surface area contributed by atoms with Crippen molar-refractivity contribution in [3.63, 3.8) is 0 Å². The van der Waals surface area contributed by atoms with Crippen molar-refractivity contribution < 1.29 is 13.9 Å². The van der Waals surface area contributed by atoms with Gasteiger partial charge in [-0.15, -0.1) is 0 Å². The van der Waals surface area contributed by atoms with E-state index in [9.17, 15) is 9.18 Å². The zero-order chi connectivity index (χ0) is 18.2. The van der Waals surface area contributed by atoms with Crippen molar-refractivity contribution in [2.45, 2.75) is 46.3 Å². The Bertz CT molecular complexity index is 642. The van der Waals surface area contributed by atoms with Gasteiger partial charge < -0.3 is 26.0 Å². The van der Waals surface area contributed by atoms with Crippen molar-refractivity contribution in [1.29, 1.82) is 0 Å². The molecule has 7 heteroatoms. The third-order valence-corrected chi connectivity index (χ3v) is 4.07. The minimum atomic E-state index is -0.536. The van der Waals surface area contributed by atoms with E-state index in [2.05, 4.69) is 0 Å². The number of amides is 1. The molecule has 4 N–H and O–H groups in total. The predicted octanol–water partition coefficient (Wildman–Crippen LogP) is 2.74. The third-order valence-electron chi connectivity index (χ3n) is 4.07. The minimum Gasteiger partial charge on any atom is -0.444 e. The second-order valence-electron chi connectivity index (χ2n) is 7.33. The average molecular weight is 338 g/mol. The number of halogens is 1. The number of piperazine rings is 1. The van der Waals surface area contributed by atoms with Crippen LogP contribution in [0.25, 0.3) is 0 Å². The van der Waals surface area contributed by atoms with E-state index in [0.29, 0.717) is 25.3 Å². The Morgan fingerprint density at radius 1 is 1.33 bits per heavy atom. The summed E-state index contributed by atoms with van der Waals surface area (Å²) in [5.74, 6) is -0.495. The number of hydrogen-bond acceptors (Lipinski definition) is 5. The summed E-state index contributed by atoms with van der Waals surface area (Å²) >= 11 is 0. The lowest BCUT2D eigenvalue weighted by Crippen LogP contribution is -2.55. The molecule has 1 unspecified atom stereocenters. The van der Waals surface area contributed by atoms with E-state index >= 15 is 0 Å². The number of anilines is 3. The molecule has 0 saturated carbocycles. The van der Waals surface area contributed by atoms with Gasteiger partial charge in [0.1, 0.15) is 5.60 Å². The molecule has 2 rings (SSSR count). The predicted molar refractivity (Wildman–Crippen MR) is 94.6 cm³/mol. The SMILES string of the molecule is Cc1cc(N)c(N)c(F)c1N1CCN(C(=O)OC(C)(C)C)CC1C. The van der Waals surface area contributed by atoms with E-state index in [1.807, 2.05) is 32.6 Å². The van der Waals surface area contributed by atoms with Crippen LogP contribution < -0.4 is 16.4 Å². The van der Waals surface area contributed by atoms with Crippen molar-refractivity contribution in [2.75, 3.05) is 36.0 Å². The van der Waals surface area contributed by atoms with Crippen LogP contribution in [0, 0.1) is 12.7 Å². The van der Waals surface area contributed by atoms with Crippen molar-refractivity contribution in [3.05, 3.63) is 17.4 Å². The summed E-state index contributed by atoms with van der Waals surface area (Å²) in [7, 11) is 0. The molecule has 0 radical (unpaired) electrons. The lowest BCUT2D eigenvalue weighted by molar-refractivity contribution is 0.0218. The smallest absolute Gasteiger partial charge is 0.410 e. The van der Waals surface area contributed by atoms with Crippen LogP contribution in [-0.2, 0) is 4.74 Å². The van der Waals surface area contributed by atoms with E-state index in [1.54, 1.807) is 17.9 Å². The summed E-state index contributed by atoms with van der Waals surface area (Å²) in [5.41, 5.74) is 12.3. The van der Waals surface area contributed by atoms with E-state index in [-0.39, 0.29) is 23.5 Å². The van der Waals surface area contributed by atoms with Crippen molar-refractivity contribution in [1.82, 2.24) is 4.90 Å². The molecule has 24 heavy (non-hydrogen) atoms. The van der Waals surface area contributed by atoms with Crippen molar-refractivity contribution in [2.24, 2.45) is 0 Å². The molecule has 0 aliphatic carbocycles. The topological polar surface area (TPSA) is 84.8 Å². The Morgan fingerprint density at radius 3 is 2.50 bits per heavy atom. The number of nitrogens with two attached hydrogens (primary N) is 2. The third kappa shape index (κ3) is 3.66. The minimum absolute atomic E-state index is 0.0302. The Kier molecular flexibility index (Phi) is 4.82. The molecule has 1 aromatic carbocycles. The first-order valence-corrected chi connectivity index (χ1v) is 8.10. The highest BCUT2D eigenvalue weighted by Crippen LogP contribution is 2.34. The van der Waals surface area contributed by atoms with Crippen molar-refractivity contribution >= 4 is 23.2 Å². The maximum absolute atomic E-state index is 14.6. The van der Waals surface area contributed by atoms with E-state index < -0.39 is 11.4 Å². The zero-order valence-electron chi connectivity index (χ0n) is 15.0. The fourth-order valence-electron chi connectivity index (χ4n) is 2.94. The Hall–Kier alpha value is -2.18. The summed E-state index contributed by atoms with van der Waals surface area (Å²) in [6, 6.07) is 1.61. The molecule has 1 amide bonds. The zero-order valence-corrected chi connectivity index (χ0v) is 15.0. The standard InChI is InChI=1S/C17H27FN4O2/c1-10-8-12(19)14(20)13(18)15(10)22-7-6-21(9-11(22)2)16(23)24-17(3,4)5/h8,11H,6-7,9,19-20H2,1-5H3. The van der Waals surface area contributed by atoms with Gasteiger partial charge in [0.2, 0.25) is 0 Å². The van der Waals surface area contributed by atoms with Gasteiger partial charge in [0.05, 0.1) is 17.1 Å². The van der Waals surface area contributed by atoms with Gasteiger partial charge in [0.25, 0.3) is 0 Å². The molecule has 1 aromatic rings. The number of hydrogen-bond donors (Lipinski definition) is 2. The summed E-state index contributed by atoms with van der Waals surface area (Å²) in [6.07, 6.45) is -0.344. The number of benzene rings is 1. The van der Waals surface area contributed by atoms with Gasteiger partial charge in [-0.25, -0.2) is 9.18 Å². The summed E-state index contributed by atoms with van der Waals surface area (Å²) in [5, 5.41) is 0. The van der Waals surface area contributed by atoms with Crippen LogP contribution in [0.4, 0.5) is 26.2 Å². The van der Waals surface area contributed by atoms with Gasteiger partial charge in [-0.2, -0.15) is 0 Å². The molecule has 1 fully saturated rings. The largest absolute Gasteiger partial charge is 0.444 e. The van der Waals surface area contributed by atoms with Crippen molar-refractivity contribution in [3.8, 4) is 0 Å². The van der Waals surface area contributed by atoms with Gasteiger partial charge in [-0.1, -0.05) is 0 Å². The van der Waals surface area contributed by atoms with E-state index in [4.69, 9.17) is 16.2 Å². The summed E-state index contributed by atoms with van der Waals surface area (Å²) in [4.78, 5) is 15.8. The fourth-order valence-corrected chi connectivity index (χ4v) is 2.94. The molecule has 1 aliphatic rings. The molecular weight excluding hydrogens is 311 g/mol. The van der Waals surface area contributed by atoms with Crippen LogP contribution >= 0.6 is 0 Å². The quantitative estimate of drug-likeness (QED) is 0.769. The van der Waals surface area contributed by atoms with Crippen LogP contribution in [-0.4, -0.2) is 42.3 Å². The van der Waals surface area contributed by atoms with Gasteiger partial charge in [0.15, 0.2) is 5.82 Å². The second-order valence-corrected chi connectivity index (χ2v) is 7.33. The summed E-state index contributed by atoms with van der Waals surface area (Å²) < 4.78 is 20.0. The monoisotopic (exact) mass is 338 g/mol. The van der Waals surface area contributed by atoms with Crippen LogP contribution in [0.15, 0.2) is 6.07 Å². The maximum atomic E-state index is 14.6. The van der Waals surface area contributed by atoms with Gasteiger partial charge >= 0.3 is 6.09 Å². The Labute approximate surface area is 142 Å². The first kappa shape index (κ1) is 18.2. The highest BCUT2D eigenvalue weighted by atomic mass is 19.1. The molecule has 1 heterocycles. The lowest BCUT2D eigenvalue weighted by Gasteiger charge is -2.42. The number of nitrogens with zero attached hydrogens (tertiary/aromatic N) is 2. The number of carbonyl (C=O) groups is 1. The van der Waals surface area contributed by atoms with E-state index in [0.717, 1.165) is 5.56 Å². The first-order valence-electron chi connectivity index (χ1n) is 8.10. The summed E-state index contributed by atoms with van der Waals surface area (Å²) in [6.45, 7) is 10.7. The Balaban J connectivity index is 2.18. The molecule has 1 atom stereocenters. The highest BCUT2D eigenvalue weighted by Gasteiger charge is 2.32. The van der Waals surface area contributed by atoms with Crippen LogP contribution in [0.2, 0.25) is 0 Å². The Morgan fingerprint density at radius 2 is 1.96 bits per heavy atom. The number of ether oxygens (including phenoxy) is 1. The normalized spacial score (nSPS) is 18.7. The van der Waals surface area contributed by atoms with E-state index in [1.165, 1.54) is 0 Å². The first-order chi connectivity index (χ1) is 11.0. The van der Waals surface area contributed by atoms with Gasteiger partial charge in [-0.3, -0.25) is 0 Å². The van der Waals surface area contributed by atoms with Crippen LogP contribution in [0.5, 0.6) is 0 Å². The van der Waals surface area contributed by atoms with Crippen LogP contribution in [0.3, 0.4) is 0 Å². The van der Waals surface area contributed by atoms with Crippen LogP contribution in [0.1, 0.15) is 33.3 Å². The number of rotatable bonds is 1. The highest BCUT2D eigenvalue weighted by molar-refractivity contribution is 5.75. The number of aryl methyl sites for hydroxylation is 1. The molecule has 0 spiro atoms. The molecule has 0 aromatic heterocycles. The molecule has 134 valence electrons. The second kappa shape index (κ2) is 6.37. The molecular formula is C17H27FN4O2. The molecule has 1 aliphatic heterocycles. The molecule has 6 nitrogen and oxygen atoms in total. The molecule has 1 saturated heterocycles. The lowest BCUT2D eigenvalue weighted by atomic mass is 10.1.